The van der Waals surface area contributed by atoms with E-state index in [1.807, 2.05) is 19.0 Å². The Hall–Kier alpha value is -3.39. The summed E-state index contributed by atoms with van der Waals surface area (Å²) in [6.45, 7) is 2.77. The molecule has 0 fully saturated rings. The summed E-state index contributed by atoms with van der Waals surface area (Å²) in [4.78, 5) is 40.3. The van der Waals surface area contributed by atoms with E-state index in [2.05, 4.69) is 46.1 Å². The van der Waals surface area contributed by atoms with Crippen molar-refractivity contribution < 1.29 is 14.4 Å². The molecule has 1 heterocycles. The van der Waals surface area contributed by atoms with Gasteiger partial charge in [0, 0.05) is 44.1 Å². The molecule has 0 saturated carbocycles. The van der Waals surface area contributed by atoms with E-state index in [1.165, 1.54) is 18.2 Å². The highest BCUT2D eigenvalue weighted by Gasteiger charge is 2.21. The van der Waals surface area contributed by atoms with Gasteiger partial charge in [0.25, 0.3) is 0 Å². The molecule has 3 N–H and O–H groups in total. The number of likely N-dealkylation sites (N-methyl/N-ethyl adjacent to an activating group) is 1. The number of carbonyl (C=O) groups is 3. The molecule has 2 aromatic rings. The molecule has 0 unspecified atom stereocenters. The van der Waals surface area contributed by atoms with Crippen LogP contribution in [0.3, 0.4) is 0 Å². The second-order valence-electron chi connectivity index (χ2n) is 8.32. The minimum absolute atomic E-state index is 0.0626. The fraction of sp³-hybridized carbons (Fsp3) is 0.375. The highest BCUT2D eigenvalue weighted by atomic mass is 16.2. The number of hydrogen-bond donors (Lipinski definition) is 3. The van der Waals surface area contributed by atoms with Crippen LogP contribution in [0.2, 0.25) is 0 Å². The van der Waals surface area contributed by atoms with Crippen molar-refractivity contribution in [1.82, 2.24) is 10.2 Å². The molecule has 0 spiro atoms. The molecule has 3 rings (SSSR count). The van der Waals surface area contributed by atoms with Gasteiger partial charge in [-0.3, -0.25) is 14.4 Å². The predicted octanol–water partition coefficient (Wildman–Crippen LogP) is 2.38. The van der Waals surface area contributed by atoms with Crippen LogP contribution in [0.4, 0.5) is 17.1 Å². The lowest BCUT2D eigenvalue weighted by atomic mass is 9.96. The third-order valence-electron chi connectivity index (χ3n) is 5.57. The molecule has 0 bridgehead atoms. The van der Waals surface area contributed by atoms with Crippen molar-refractivity contribution in [3.8, 4) is 0 Å². The first-order valence-electron chi connectivity index (χ1n) is 10.7. The zero-order chi connectivity index (χ0) is 23.3. The predicted molar refractivity (Wildman–Crippen MR) is 127 cm³/mol. The number of amides is 3. The first-order valence-corrected chi connectivity index (χ1v) is 10.7. The van der Waals surface area contributed by atoms with Gasteiger partial charge in [-0.15, -0.1) is 0 Å². The maximum absolute atomic E-state index is 12.4. The summed E-state index contributed by atoms with van der Waals surface area (Å²) in [6, 6.07) is 13.0. The van der Waals surface area contributed by atoms with Gasteiger partial charge in [-0.2, -0.15) is 0 Å². The van der Waals surface area contributed by atoms with Crippen LogP contribution in [-0.2, 0) is 20.8 Å². The van der Waals surface area contributed by atoms with Crippen LogP contribution < -0.4 is 20.9 Å². The lowest BCUT2D eigenvalue weighted by Crippen LogP contribution is -2.40. The average molecular weight is 438 g/mol. The van der Waals surface area contributed by atoms with E-state index in [0.717, 1.165) is 24.9 Å². The molecule has 1 aliphatic heterocycles. The average Bonchev–Trinajstić information content (AvgIpc) is 2.73. The summed E-state index contributed by atoms with van der Waals surface area (Å²) in [5.41, 5.74) is 4.64. The molecule has 0 saturated heterocycles. The Morgan fingerprint density at radius 2 is 1.75 bits per heavy atom. The number of aryl methyl sites for hydroxylation is 1. The van der Waals surface area contributed by atoms with Gasteiger partial charge in [0.05, 0.1) is 6.04 Å². The third-order valence-corrected chi connectivity index (χ3v) is 5.57. The number of benzene rings is 2. The first-order chi connectivity index (χ1) is 15.2. The molecule has 32 heavy (non-hydrogen) atoms. The molecule has 8 heteroatoms. The van der Waals surface area contributed by atoms with Gasteiger partial charge >= 0.3 is 11.8 Å². The van der Waals surface area contributed by atoms with Crippen molar-refractivity contribution in [1.29, 1.82) is 0 Å². The lowest BCUT2D eigenvalue weighted by molar-refractivity contribution is -0.136. The number of nitrogens with one attached hydrogen (secondary N) is 3. The van der Waals surface area contributed by atoms with Crippen molar-refractivity contribution in [3.05, 3.63) is 53.6 Å². The van der Waals surface area contributed by atoms with Crippen LogP contribution >= 0.6 is 0 Å². The maximum Gasteiger partial charge on any atom is 0.313 e. The zero-order valence-electron chi connectivity index (χ0n) is 19.1. The SMILES string of the molecule is CC(=O)Nc1cccc(NC(=O)C(=O)NC[C@H](c2ccc3c(c2)CCCN3C)N(C)C)c1. The topological polar surface area (TPSA) is 93.8 Å². The summed E-state index contributed by atoms with van der Waals surface area (Å²) in [6.07, 6.45) is 2.17. The minimum atomic E-state index is -0.755. The Kier molecular flexibility index (Phi) is 7.48. The normalized spacial score (nSPS) is 13.8. The van der Waals surface area contributed by atoms with E-state index in [1.54, 1.807) is 24.3 Å². The number of fused-ring (bicyclic) bond motifs is 1. The molecular weight excluding hydrogens is 406 g/mol. The Labute approximate surface area is 189 Å². The van der Waals surface area contributed by atoms with Crippen LogP contribution in [0, 0.1) is 0 Å². The van der Waals surface area contributed by atoms with Crippen molar-refractivity contribution in [2.45, 2.75) is 25.8 Å². The van der Waals surface area contributed by atoms with Crippen molar-refractivity contribution in [2.75, 3.05) is 49.8 Å². The Morgan fingerprint density at radius 3 is 2.44 bits per heavy atom. The summed E-state index contributed by atoms with van der Waals surface area (Å²) < 4.78 is 0. The monoisotopic (exact) mass is 437 g/mol. The van der Waals surface area contributed by atoms with E-state index in [4.69, 9.17) is 0 Å². The minimum Gasteiger partial charge on any atom is -0.374 e. The van der Waals surface area contributed by atoms with Crippen LogP contribution in [0.5, 0.6) is 0 Å². The van der Waals surface area contributed by atoms with Gasteiger partial charge in [0.2, 0.25) is 5.91 Å². The van der Waals surface area contributed by atoms with E-state index in [9.17, 15) is 14.4 Å². The zero-order valence-corrected chi connectivity index (χ0v) is 19.1. The molecule has 170 valence electrons. The van der Waals surface area contributed by atoms with Crippen LogP contribution in [-0.4, -0.2) is 56.9 Å². The number of anilines is 3. The van der Waals surface area contributed by atoms with Crippen LogP contribution in [0.1, 0.15) is 30.5 Å². The van der Waals surface area contributed by atoms with E-state index >= 15 is 0 Å². The van der Waals surface area contributed by atoms with Gasteiger partial charge < -0.3 is 25.8 Å². The smallest absolute Gasteiger partial charge is 0.313 e. The number of rotatable bonds is 6. The van der Waals surface area contributed by atoms with Gasteiger partial charge in [-0.05, 0) is 62.3 Å². The standard InChI is InChI=1S/C24H31N5O3/c1-16(30)26-19-8-5-9-20(14-19)27-24(32)23(31)25-15-22(28(2)3)18-10-11-21-17(13-18)7-6-12-29(21)4/h5,8-11,13-14,22H,6-7,12,15H2,1-4H3,(H,25,31)(H,26,30)(H,27,32)/t22-/m1/s1. The van der Waals surface area contributed by atoms with E-state index in [0.29, 0.717) is 17.9 Å². The fourth-order valence-corrected chi connectivity index (χ4v) is 3.95. The first kappa shape index (κ1) is 23.3. The quantitative estimate of drug-likeness (QED) is 0.604. The number of nitrogens with zero attached hydrogens (tertiary/aromatic N) is 2. The molecule has 8 nitrogen and oxygen atoms in total. The molecule has 3 amide bonds. The second-order valence-corrected chi connectivity index (χ2v) is 8.32. The molecule has 0 aromatic heterocycles. The van der Waals surface area contributed by atoms with Gasteiger partial charge in [-0.25, -0.2) is 0 Å². The van der Waals surface area contributed by atoms with Crippen molar-refractivity contribution in [3.63, 3.8) is 0 Å². The summed E-state index contributed by atoms with van der Waals surface area (Å²) >= 11 is 0. The molecule has 1 aliphatic rings. The second kappa shape index (κ2) is 10.3. The third kappa shape index (κ3) is 5.85. The molecule has 2 aromatic carbocycles. The number of carbonyl (C=O) groups excluding carboxylic acids is 3. The Morgan fingerprint density at radius 1 is 1.03 bits per heavy atom. The largest absolute Gasteiger partial charge is 0.374 e. The van der Waals surface area contributed by atoms with Gasteiger partial charge in [0.15, 0.2) is 0 Å². The van der Waals surface area contributed by atoms with Crippen LogP contribution in [0.25, 0.3) is 0 Å². The highest BCUT2D eigenvalue weighted by molar-refractivity contribution is 6.39. The maximum atomic E-state index is 12.4. The number of hydrogen-bond acceptors (Lipinski definition) is 5. The summed E-state index contributed by atoms with van der Waals surface area (Å²) in [7, 11) is 6.01. The van der Waals surface area contributed by atoms with Crippen LogP contribution in [0.15, 0.2) is 42.5 Å². The molecule has 1 atom stereocenters. The van der Waals surface area contributed by atoms with Crippen molar-refractivity contribution >= 4 is 34.8 Å². The van der Waals surface area contributed by atoms with E-state index < -0.39 is 11.8 Å². The van der Waals surface area contributed by atoms with Gasteiger partial charge in [0.1, 0.15) is 0 Å². The van der Waals surface area contributed by atoms with Crippen molar-refractivity contribution in [2.24, 2.45) is 0 Å². The van der Waals surface area contributed by atoms with E-state index in [-0.39, 0.29) is 11.9 Å². The Balaban J connectivity index is 1.63. The fourth-order valence-electron chi connectivity index (χ4n) is 3.95. The molecule has 0 radical (unpaired) electrons. The molecular formula is C24H31N5O3. The Bertz CT molecular complexity index is 1000. The lowest BCUT2D eigenvalue weighted by Gasteiger charge is -2.30. The highest BCUT2D eigenvalue weighted by Crippen LogP contribution is 2.29. The summed E-state index contributed by atoms with van der Waals surface area (Å²) in [5.74, 6) is -1.68. The summed E-state index contributed by atoms with van der Waals surface area (Å²) in [5, 5.41) is 7.96. The van der Waals surface area contributed by atoms with Gasteiger partial charge in [-0.1, -0.05) is 18.2 Å². The molecule has 0 aliphatic carbocycles.